The Labute approximate surface area is 157 Å². The van der Waals surface area contributed by atoms with Gasteiger partial charge in [0.2, 0.25) is 5.88 Å². The van der Waals surface area contributed by atoms with Crippen LogP contribution in [0.1, 0.15) is 24.4 Å². The number of ether oxygens (including phenoxy) is 3. The predicted octanol–water partition coefficient (Wildman–Crippen LogP) is 2.33. The van der Waals surface area contributed by atoms with Crippen LogP contribution >= 0.6 is 0 Å². The molecule has 1 aromatic carbocycles. The normalized spacial score (nSPS) is 21.9. The number of benzene rings is 1. The maximum atomic E-state index is 11.2. The van der Waals surface area contributed by atoms with Crippen molar-refractivity contribution in [1.29, 1.82) is 0 Å². The maximum absolute atomic E-state index is 11.2. The number of anilines is 1. The summed E-state index contributed by atoms with van der Waals surface area (Å²) in [6.07, 6.45) is 1.80. The Hall–Kier alpha value is -2.09. The summed E-state index contributed by atoms with van der Waals surface area (Å²) in [5, 5.41) is 15.7. The summed E-state index contributed by atoms with van der Waals surface area (Å²) in [4.78, 5) is 4.64. The van der Waals surface area contributed by atoms with E-state index >= 15 is 0 Å². The summed E-state index contributed by atoms with van der Waals surface area (Å²) in [5.74, 6) is 0.297. The summed E-state index contributed by atoms with van der Waals surface area (Å²) < 4.78 is 18.5. The van der Waals surface area contributed by atoms with Gasteiger partial charge in [-0.2, -0.15) is 0 Å². The molecular weight excluding hydrogens is 346 g/mol. The zero-order valence-corrected chi connectivity index (χ0v) is 15.3. The Kier molecular flexibility index (Phi) is 4.51. The first-order valence-electron chi connectivity index (χ1n) is 9.71. The van der Waals surface area contributed by atoms with Gasteiger partial charge >= 0.3 is 0 Å². The van der Waals surface area contributed by atoms with Crippen LogP contribution in [0.4, 0.5) is 5.69 Å². The van der Waals surface area contributed by atoms with Crippen molar-refractivity contribution in [3.63, 3.8) is 0 Å². The van der Waals surface area contributed by atoms with E-state index in [0.717, 1.165) is 67.1 Å². The van der Waals surface area contributed by atoms with Crippen molar-refractivity contribution < 1.29 is 19.3 Å². The van der Waals surface area contributed by atoms with E-state index in [2.05, 4.69) is 33.1 Å². The van der Waals surface area contributed by atoms with Crippen LogP contribution in [0, 0.1) is 0 Å². The first-order valence-corrected chi connectivity index (χ1v) is 9.71. The Morgan fingerprint density at radius 1 is 1.07 bits per heavy atom. The van der Waals surface area contributed by atoms with Crippen LogP contribution in [0.2, 0.25) is 0 Å². The molecule has 0 unspecified atom stereocenters. The van der Waals surface area contributed by atoms with E-state index in [9.17, 15) is 5.11 Å². The third kappa shape index (κ3) is 3.09. The number of nitrogens with zero attached hydrogens (tertiary/aromatic N) is 2. The van der Waals surface area contributed by atoms with Crippen molar-refractivity contribution in [2.24, 2.45) is 4.99 Å². The molecule has 2 aromatic rings. The van der Waals surface area contributed by atoms with Crippen LogP contribution < -0.4 is 5.32 Å². The van der Waals surface area contributed by atoms with Crippen molar-refractivity contribution in [2.45, 2.75) is 24.9 Å². The van der Waals surface area contributed by atoms with Crippen molar-refractivity contribution in [1.82, 2.24) is 4.57 Å². The van der Waals surface area contributed by atoms with Gasteiger partial charge in [0.15, 0.2) is 0 Å². The van der Waals surface area contributed by atoms with Gasteiger partial charge in [0.25, 0.3) is 0 Å². The number of fused-ring (bicyclic) bond motifs is 1. The minimum Gasteiger partial charge on any atom is -0.494 e. The molecule has 0 atom stereocenters. The highest BCUT2D eigenvalue weighted by Gasteiger charge is 2.28. The molecule has 0 spiro atoms. The lowest BCUT2D eigenvalue weighted by Crippen LogP contribution is -2.40. The largest absolute Gasteiger partial charge is 0.494 e. The van der Waals surface area contributed by atoms with Gasteiger partial charge in [0, 0.05) is 30.3 Å². The highest BCUT2D eigenvalue weighted by atomic mass is 16.5. The molecule has 2 saturated heterocycles. The fourth-order valence-electron chi connectivity index (χ4n) is 4.15. The lowest BCUT2D eigenvalue weighted by atomic mass is 10.1. The van der Waals surface area contributed by atoms with E-state index in [1.807, 2.05) is 0 Å². The first-order chi connectivity index (χ1) is 13.3. The Morgan fingerprint density at radius 2 is 1.93 bits per heavy atom. The summed E-state index contributed by atoms with van der Waals surface area (Å²) in [5.41, 5.74) is 3.72. The van der Waals surface area contributed by atoms with Crippen molar-refractivity contribution >= 4 is 22.3 Å². The molecular formula is C20H25N3O4. The number of aliphatic imine (C=N–C) groups is 1. The second-order valence-corrected chi connectivity index (χ2v) is 7.40. The van der Waals surface area contributed by atoms with Crippen molar-refractivity contribution in [3.8, 4) is 5.88 Å². The minimum atomic E-state index is 0.235. The molecule has 27 heavy (non-hydrogen) atoms. The minimum absolute atomic E-state index is 0.235. The zero-order valence-electron chi connectivity index (χ0n) is 15.3. The van der Waals surface area contributed by atoms with Crippen molar-refractivity contribution in [2.75, 3.05) is 51.5 Å². The molecule has 0 amide bonds. The average Bonchev–Trinajstić information content (AvgIpc) is 2.97. The summed E-state index contributed by atoms with van der Waals surface area (Å²) in [7, 11) is 0. The molecule has 3 aliphatic rings. The van der Waals surface area contributed by atoms with E-state index in [1.165, 1.54) is 0 Å². The van der Waals surface area contributed by atoms with E-state index in [1.54, 1.807) is 0 Å². The van der Waals surface area contributed by atoms with Crippen LogP contribution in [-0.4, -0.2) is 67.6 Å². The quantitative estimate of drug-likeness (QED) is 0.863. The molecule has 2 N–H and O–H groups in total. The Balaban J connectivity index is 1.62. The topological polar surface area (TPSA) is 77.2 Å². The molecule has 144 valence electrons. The first kappa shape index (κ1) is 17.0. The monoisotopic (exact) mass is 371 g/mol. The molecule has 1 aromatic heterocycles. The summed E-state index contributed by atoms with van der Waals surface area (Å²) in [6.45, 7) is 4.64. The smallest absolute Gasteiger partial charge is 0.201 e. The van der Waals surface area contributed by atoms with E-state index in [0.29, 0.717) is 31.7 Å². The fourth-order valence-corrected chi connectivity index (χ4v) is 4.15. The molecule has 7 nitrogen and oxygen atoms in total. The maximum Gasteiger partial charge on any atom is 0.201 e. The molecule has 0 aliphatic carbocycles. The second-order valence-electron chi connectivity index (χ2n) is 7.40. The second kappa shape index (κ2) is 7.14. The molecule has 0 saturated carbocycles. The van der Waals surface area contributed by atoms with E-state index in [-0.39, 0.29) is 6.04 Å². The van der Waals surface area contributed by atoms with Crippen LogP contribution in [0.3, 0.4) is 0 Å². The molecule has 5 rings (SSSR count). The number of aromatic nitrogens is 1. The summed E-state index contributed by atoms with van der Waals surface area (Å²) >= 11 is 0. The van der Waals surface area contributed by atoms with Gasteiger partial charge in [-0.15, -0.1) is 0 Å². The highest BCUT2D eigenvalue weighted by Crippen LogP contribution is 2.39. The number of aromatic hydroxyl groups is 1. The van der Waals surface area contributed by atoms with Gasteiger partial charge in [-0.3, -0.25) is 4.99 Å². The summed E-state index contributed by atoms with van der Waals surface area (Å²) in [6, 6.07) is 6.89. The molecule has 3 aliphatic heterocycles. The standard InChI is InChI=1S/C20H25N3O4/c24-20-19(17-12-26-8-5-21-17)16-9-13(22-14-10-27-11-14)1-2-18(16)23(20)15-3-6-25-7-4-15/h1-2,9,14-15,22,24H,3-8,10-12H2. The van der Waals surface area contributed by atoms with Crippen LogP contribution in [0.15, 0.2) is 23.2 Å². The van der Waals surface area contributed by atoms with Crippen LogP contribution in [0.5, 0.6) is 5.88 Å². The number of rotatable bonds is 4. The number of nitrogens with one attached hydrogen (secondary N) is 1. The zero-order chi connectivity index (χ0) is 18.2. The molecule has 7 heteroatoms. The van der Waals surface area contributed by atoms with Crippen LogP contribution in [-0.2, 0) is 14.2 Å². The van der Waals surface area contributed by atoms with Crippen LogP contribution in [0.25, 0.3) is 10.9 Å². The van der Waals surface area contributed by atoms with Gasteiger partial charge < -0.3 is 29.2 Å². The molecule has 2 fully saturated rings. The molecule has 4 heterocycles. The van der Waals surface area contributed by atoms with Gasteiger partial charge in [-0.25, -0.2) is 0 Å². The van der Waals surface area contributed by atoms with E-state index in [4.69, 9.17) is 14.2 Å². The SMILES string of the molecule is Oc1c(C2=NCCOC2)c2cc(NC3COC3)ccc2n1C1CCOCC1. The van der Waals surface area contributed by atoms with Gasteiger partial charge in [0.1, 0.15) is 0 Å². The van der Waals surface area contributed by atoms with Gasteiger partial charge in [0.05, 0.1) is 55.8 Å². The fraction of sp³-hybridized carbons (Fsp3) is 0.550. The number of hydrogen-bond acceptors (Lipinski definition) is 6. The lowest BCUT2D eigenvalue weighted by Gasteiger charge is -2.28. The average molecular weight is 371 g/mol. The predicted molar refractivity (Wildman–Crippen MR) is 103 cm³/mol. The number of hydrogen-bond donors (Lipinski definition) is 2. The molecule has 0 radical (unpaired) electrons. The third-order valence-electron chi connectivity index (χ3n) is 5.61. The highest BCUT2D eigenvalue weighted by molar-refractivity contribution is 6.14. The Morgan fingerprint density at radius 3 is 2.63 bits per heavy atom. The van der Waals surface area contributed by atoms with Gasteiger partial charge in [-0.1, -0.05) is 0 Å². The molecule has 0 bridgehead atoms. The third-order valence-corrected chi connectivity index (χ3v) is 5.61. The lowest BCUT2D eigenvalue weighted by molar-refractivity contribution is 0.0211. The van der Waals surface area contributed by atoms with E-state index < -0.39 is 0 Å². The Bertz CT molecular complexity index is 866. The van der Waals surface area contributed by atoms with Gasteiger partial charge in [-0.05, 0) is 31.0 Å². The van der Waals surface area contributed by atoms with Crippen molar-refractivity contribution in [3.05, 3.63) is 23.8 Å².